The number of rotatable bonds is 10. The van der Waals surface area contributed by atoms with E-state index in [9.17, 15) is 45.0 Å². The first-order valence-electron chi connectivity index (χ1n) is 23.9. The molecule has 364 valence electrons. The topological polar surface area (TPSA) is 237 Å². The molecule has 8 fully saturated rings. The van der Waals surface area contributed by atoms with E-state index in [1.807, 2.05) is 0 Å². The third-order valence-corrected chi connectivity index (χ3v) is 18.9. The number of hydrogen-bond donors (Lipinski definition) is 6. The molecule has 2 spiro atoms. The summed E-state index contributed by atoms with van der Waals surface area (Å²) in [7, 11) is 0. The lowest BCUT2D eigenvalue weighted by Crippen LogP contribution is -2.65. The summed E-state index contributed by atoms with van der Waals surface area (Å²) in [5.74, 6) is -2.08. The lowest BCUT2D eigenvalue weighted by Gasteiger charge is -2.65. The molecule has 16 heteroatoms. The maximum absolute atomic E-state index is 12.6. The maximum atomic E-state index is 12.6. The number of fused-ring (bicyclic) bond motifs is 2. The molecule has 2 saturated heterocycles. The van der Waals surface area contributed by atoms with Gasteiger partial charge in [-0.3, -0.25) is 14.4 Å². The van der Waals surface area contributed by atoms with Crippen LogP contribution in [0.1, 0.15) is 140 Å². The molecular formula is C48H76O16. The Kier molecular flexibility index (Phi) is 12.4. The highest BCUT2D eigenvalue weighted by Crippen LogP contribution is 2.89. The monoisotopic (exact) mass is 909 g/mol. The molecule has 64 heavy (non-hydrogen) atoms. The third kappa shape index (κ3) is 7.40. The van der Waals surface area contributed by atoms with Gasteiger partial charge in [-0.05, 0) is 130 Å². The molecule has 21 atom stereocenters. The van der Waals surface area contributed by atoms with Crippen LogP contribution in [0.3, 0.4) is 0 Å². The summed E-state index contributed by atoms with van der Waals surface area (Å²) in [6, 6.07) is 0. The number of esters is 3. The van der Waals surface area contributed by atoms with Gasteiger partial charge in [0.2, 0.25) is 0 Å². The van der Waals surface area contributed by atoms with Gasteiger partial charge in [0.05, 0.1) is 48.3 Å². The van der Waals surface area contributed by atoms with E-state index in [4.69, 9.17) is 33.2 Å². The van der Waals surface area contributed by atoms with Crippen molar-refractivity contribution in [2.75, 3.05) is 6.61 Å². The fourth-order valence-corrected chi connectivity index (χ4v) is 16.3. The molecule has 8 rings (SSSR count). The van der Waals surface area contributed by atoms with E-state index in [2.05, 4.69) is 34.6 Å². The van der Waals surface area contributed by atoms with Gasteiger partial charge < -0.3 is 63.8 Å². The molecule has 21 unspecified atom stereocenters. The highest BCUT2D eigenvalue weighted by atomic mass is 16.7. The quantitative estimate of drug-likeness (QED) is 0.105. The molecular weight excluding hydrogens is 833 g/mol. The Bertz CT molecular complexity index is 1800. The van der Waals surface area contributed by atoms with Gasteiger partial charge >= 0.3 is 17.9 Å². The van der Waals surface area contributed by atoms with Crippen LogP contribution in [0.4, 0.5) is 0 Å². The number of aliphatic hydroxyl groups excluding tert-OH is 5. The SMILES string of the molecule is CC(=O)OC1CCC(OC2CCC34CC35CCC3(C)C(C6(C)CCC(C(C)(C)O)O6)C(O)CC3(C)C5CC(OC3OC(CO)C(O)C(O)C3O)C4C2(C)C)C(OC(C)=O)C1OC(C)=O. The Hall–Kier alpha value is -1.99. The van der Waals surface area contributed by atoms with Gasteiger partial charge in [-0.25, -0.2) is 0 Å². The normalized spacial score (nSPS) is 51.8. The van der Waals surface area contributed by atoms with Crippen LogP contribution in [0.2, 0.25) is 0 Å². The Balaban J connectivity index is 1.14. The molecule has 2 aliphatic heterocycles. The third-order valence-electron chi connectivity index (χ3n) is 18.9. The minimum Gasteiger partial charge on any atom is -0.458 e. The predicted molar refractivity (Wildman–Crippen MR) is 226 cm³/mol. The van der Waals surface area contributed by atoms with Crippen molar-refractivity contribution in [1.29, 1.82) is 0 Å². The molecule has 0 aromatic rings. The maximum Gasteiger partial charge on any atom is 0.303 e. The molecule has 0 radical (unpaired) electrons. The average molecular weight is 909 g/mol. The molecule has 6 aliphatic carbocycles. The van der Waals surface area contributed by atoms with Crippen LogP contribution in [-0.4, -0.2) is 146 Å². The van der Waals surface area contributed by atoms with Crippen LogP contribution < -0.4 is 0 Å². The molecule has 0 aromatic heterocycles. The minimum atomic E-state index is -1.63. The first-order valence-corrected chi connectivity index (χ1v) is 23.9. The summed E-state index contributed by atoms with van der Waals surface area (Å²) < 4.78 is 44.1. The highest BCUT2D eigenvalue weighted by Gasteiger charge is 2.85. The molecule has 0 aromatic carbocycles. The Morgan fingerprint density at radius 2 is 1.31 bits per heavy atom. The molecule has 6 N–H and O–H groups in total. The fourth-order valence-electron chi connectivity index (χ4n) is 16.3. The minimum absolute atomic E-state index is 0.0716. The zero-order valence-electron chi connectivity index (χ0n) is 39.5. The van der Waals surface area contributed by atoms with Crippen molar-refractivity contribution in [3.63, 3.8) is 0 Å². The number of aliphatic hydroxyl groups is 6. The van der Waals surface area contributed by atoms with Crippen molar-refractivity contribution in [3.8, 4) is 0 Å². The number of hydrogen-bond acceptors (Lipinski definition) is 16. The average Bonchev–Trinajstić information content (AvgIpc) is 3.55. The fraction of sp³-hybridized carbons (Fsp3) is 0.938. The van der Waals surface area contributed by atoms with Crippen molar-refractivity contribution in [2.24, 2.45) is 44.8 Å². The van der Waals surface area contributed by atoms with E-state index in [0.29, 0.717) is 38.5 Å². The summed E-state index contributed by atoms with van der Waals surface area (Å²) in [6.07, 6.45) is -5.67. The first-order chi connectivity index (χ1) is 29.7. The standard InChI is InChI=1S/C48H76O16/c1-23(50)58-27-11-12-28(38(60-25(3)52)37(27)59-24(2)51)61-32-14-16-48-22-47(48)18-17-44(8)39(46(10)15-13-33(64-46)43(6,7)57)26(53)20-45(44,9)31(47)19-29(40(48)42(32,4)5)62-41-36(56)35(55)34(54)30(21-49)63-41/h26-41,49,53-57H,11-22H2,1-10H3. The predicted octanol–water partition coefficient (Wildman–Crippen LogP) is 3.24. The van der Waals surface area contributed by atoms with Crippen molar-refractivity contribution in [3.05, 3.63) is 0 Å². The van der Waals surface area contributed by atoms with E-state index in [0.717, 1.165) is 32.1 Å². The largest absolute Gasteiger partial charge is 0.458 e. The summed E-state index contributed by atoms with van der Waals surface area (Å²) in [6.45, 7) is 17.9. The van der Waals surface area contributed by atoms with E-state index in [1.165, 1.54) is 20.8 Å². The van der Waals surface area contributed by atoms with Crippen molar-refractivity contribution in [1.82, 2.24) is 0 Å². The van der Waals surface area contributed by atoms with Gasteiger partial charge in [0.15, 0.2) is 18.5 Å². The van der Waals surface area contributed by atoms with Gasteiger partial charge in [-0.15, -0.1) is 0 Å². The summed E-state index contributed by atoms with van der Waals surface area (Å²) in [5, 5.41) is 66.6. The Morgan fingerprint density at radius 3 is 1.91 bits per heavy atom. The Labute approximate surface area is 377 Å². The molecule has 0 bridgehead atoms. The smallest absolute Gasteiger partial charge is 0.303 e. The molecule has 0 amide bonds. The zero-order chi connectivity index (χ0) is 46.9. The lowest BCUT2D eigenvalue weighted by molar-refractivity contribution is -0.333. The summed E-state index contributed by atoms with van der Waals surface area (Å²) >= 11 is 0. The van der Waals surface area contributed by atoms with E-state index in [1.54, 1.807) is 13.8 Å². The summed E-state index contributed by atoms with van der Waals surface area (Å²) in [4.78, 5) is 37.2. The van der Waals surface area contributed by atoms with Crippen LogP contribution in [0, 0.1) is 44.8 Å². The highest BCUT2D eigenvalue weighted by molar-refractivity contribution is 5.68. The van der Waals surface area contributed by atoms with Crippen LogP contribution in [0.5, 0.6) is 0 Å². The van der Waals surface area contributed by atoms with Crippen LogP contribution in [0.25, 0.3) is 0 Å². The lowest BCUT2D eigenvalue weighted by atomic mass is 9.41. The second-order valence-electron chi connectivity index (χ2n) is 23.2. The zero-order valence-corrected chi connectivity index (χ0v) is 39.5. The van der Waals surface area contributed by atoms with Crippen LogP contribution in [-0.2, 0) is 47.5 Å². The van der Waals surface area contributed by atoms with Crippen LogP contribution in [0.15, 0.2) is 0 Å². The molecule has 8 aliphatic rings. The van der Waals surface area contributed by atoms with Crippen LogP contribution >= 0.6 is 0 Å². The second-order valence-corrected chi connectivity index (χ2v) is 23.2. The Morgan fingerprint density at radius 1 is 0.688 bits per heavy atom. The van der Waals surface area contributed by atoms with Crippen molar-refractivity contribution in [2.45, 2.75) is 231 Å². The van der Waals surface area contributed by atoms with Gasteiger partial charge in [0.1, 0.15) is 30.5 Å². The van der Waals surface area contributed by atoms with E-state index >= 15 is 0 Å². The molecule has 6 saturated carbocycles. The number of carbonyl (C=O) groups excluding carboxylic acids is 3. The van der Waals surface area contributed by atoms with Crippen molar-refractivity contribution >= 4 is 17.9 Å². The van der Waals surface area contributed by atoms with Gasteiger partial charge in [0.25, 0.3) is 0 Å². The molecule has 16 nitrogen and oxygen atoms in total. The second kappa shape index (κ2) is 16.3. The first kappa shape index (κ1) is 48.5. The molecule has 2 heterocycles. The van der Waals surface area contributed by atoms with Gasteiger partial charge in [-0.1, -0.05) is 27.7 Å². The van der Waals surface area contributed by atoms with Crippen molar-refractivity contribution < 1.29 is 78.2 Å². The summed E-state index contributed by atoms with van der Waals surface area (Å²) in [5.41, 5.74) is -3.38. The van der Waals surface area contributed by atoms with Gasteiger partial charge in [0, 0.05) is 26.7 Å². The number of ether oxygens (including phenoxy) is 7. The number of carbonyl (C=O) groups is 3. The van der Waals surface area contributed by atoms with E-state index in [-0.39, 0.29) is 45.5 Å². The van der Waals surface area contributed by atoms with E-state index < -0.39 is 115 Å². The van der Waals surface area contributed by atoms with Gasteiger partial charge in [-0.2, -0.15) is 0 Å².